The van der Waals surface area contributed by atoms with Crippen molar-refractivity contribution in [3.63, 3.8) is 0 Å². The first-order chi connectivity index (χ1) is 10.9. The zero-order valence-electron chi connectivity index (χ0n) is 13.9. The van der Waals surface area contributed by atoms with E-state index in [9.17, 15) is 9.59 Å². The summed E-state index contributed by atoms with van der Waals surface area (Å²) < 4.78 is 21.6. The Hall–Kier alpha value is -2.44. The zero-order chi connectivity index (χ0) is 17.4. The predicted octanol–water partition coefficient (Wildman–Crippen LogP) is 1.91. The lowest BCUT2D eigenvalue weighted by Gasteiger charge is -2.17. The third kappa shape index (κ3) is 5.05. The van der Waals surface area contributed by atoms with Crippen LogP contribution >= 0.6 is 0 Å². The van der Waals surface area contributed by atoms with E-state index in [2.05, 4.69) is 0 Å². The number of benzene rings is 1. The Morgan fingerprint density at radius 1 is 1.00 bits per heavy atom. The molecule has 23 heavy (non-hydrogen) atoms. The third-order valence-corrected chi connectivity index (χ3v) is 2.83. The predicted molar refractivity (Wildman–Crippen MR) is 84.0 cm³/mol. The van der Waals surface area contributed by atoms with Crippen LogP contribution in [0.3, 0.4) is 0 Å². The van der Waals surface area contributed by atoms with Gasteiger partial charge in [-0.15, -0.1) is 0 Å². The molecule has 0 unspecified atom stereocenters. The highest BCUT2D eigenvalue weighted by molar-refractivity contribution is 5.93. The molecule has 0 radical (unpaired) electrons. The van der Waals surface area contributed by atoms with Gasteiger partial charge in [-0.25, -0.2) is 4.79 Å². The summed E-state index contributed by atoms with van der Waals surface area (Å²) >= 11 is 0. The molecule has 128 valence electrons. The first kappa shape index (κ1) is 18.6. The van der Waals surface area contributed by atoms with Crippen LogP contribution in [-0.2, 0) is 9.53 Å². The summed E-state index contributed by atoms with van der Waals surface area (Å²) in [6.45, 7) is 8.07. The van der Waals surface area contributed by atoms with Crippen LogP contribution < -0.4 is 19.9 Å². The number of primary amides is 1. The summed E-state index contributed by atoms with van der Waals surface area (Å²) in [7, 11) is 0. The third-order valence-electron chi connectivity index (χ3n) is 2.83. The van der Waals surface area contributed by atoms with Crippen LogP contribution in [0.15, 0.2) is 12.1 Å². The summed E-state index contributed by atoms with van der Waals surface area (Å²) in [6.07, 6.45) is -1.03. The average molecular weight is 325 g/mol. The van der Waals surface area contributed by atoms with Crippen LogP contribution in [0.5, 0.6) is 17.2 Å². The van der Waals surface area contributed by atoms with E-state index in [0.29, 0.717) is 37.1 Å². The Morgan fingerprint density at radius 2 is 1.48 bits per heavy atom. The van der Waals surface area contributed by atoms with Gasteiger partial charge in [-0.3, -0.25) is 4.79 Å². The molecule has 0 bridgehead atoms. The van der Waals surface area contributed by atoms with Gasteiger partial charge in [0.1, 0.15) is 0 Å². The largest absolute Gasteiger partial charge is 0.490 e. The fraction of sp³-hybridized carbons (Fsp3) is 0.500. The number of ether oxygens (including phenoxy) is 4. The Balaban J connectivity index is 3.21. The number of hydrogen-bond acceptors (Lipinski definition) is 6. The summed E-state index contributed by atoms with van der Waals surface area (Å²) in [5, 5.41) is 0. The Morgan fingerprint density at radius 3 is 1.87 bits per heavy atom. The lowest BCUT2D eigenvalue weighted by molar-refractivity contribution is -0.125. The van der Waals surface area contributed by atoms with Crippen molar-refractivity contribution in [2.24, 2.45) is 5.73 Å². The van der Waals surface area contributed by atoms with Crippen LogP contribution in [0.25, 0.3) is 0 Å². The maximum atomic E-state index is 12.2. The molecule has 0 aromatic heterocycles. The van der Waals surface area contributed by atoms with Crippen LogP contribution in [0.2, 0.25) is 0 Å². The maximum Gasteiger partial charge on any atom is 0.339 e. The first-order valence-electron chi connectivity index (χ1n) is 7.51. The molecule has 0 fully saturated rings. The minimum Gasteiger partial charge on any atom is -0.490 e. The van der Waals surface area contributed by atoms with E-state index in [-0.39, 0.29) is 5.56 Å². The average Bonchev–Trinajstić information content (AvgIpc) is 2.50. The Kier molecular flexibility index (Phi) is 7.18. The van der Waals surface area contributed by atoms with Crippen molar-refractivity contribution in [2.75, 3.05) is 19.8 Å². The van der Waals surface area contributed by atoms with E-state index in [1.54, 1.807) is 0 Å². The number of hydrogen-bond donors (Lipinski definition) is 1. The first-order valence-corrected chi connectivity index (χ1v) is 7.51. The maximum absolute atomic E-state index is 12.2. The van der Waals surface area contributed by atoms with E-state index < -0.39 is 18.0 Å². The fourth-order valence-electron chi connectivity index (χ4n) is 1.79. The molecule has 1 aromatic carbocycles. The molecule has 0 spiro atoms. The van der Waals surface area contributed by atoms with Gasteiger partial charge in [0.05, 0.1) is 25.4 Å². The minimum atomic E-state index is -1.03. The highest BCUT2D eigenvalue weighted by Gasteiger charge is 2.21. The number of carbonyl (C=O) groups excluding carboxylic acids is 2. The molecule has 0 heterocycles. The lowest BCUT2D eigenvalue weighted by atomic mass is 10.1. The van der Waals surface area contributed by atoms with Crippen LogP contribution in [0.1, 0.15) is 38.1 Å². The molecule has 7 heteroatoms. The number of amides is 1. The highest BCUT2D eigenvalue weighted by atomic mass is 16.6. The molecule has 1 rings (SSSR count). The smallest absolute Gasteiger partial charge is 0.339 e. The second-order valence-electron chi connectivity index (χ2n) is 4.55. The molecule has 0 aliphatic carbocycles. The van der Waals surface area contributed by atoms with Crippen molar-refractivity contribution < 1.29 is 28.5 Å². The van der Waals surface area contributed by atoms with Gasteiger partial charge in [0, 0.05) is 0 Å². The van der Waals surface area contributed by atoms with E-state index in [0.717, 1.165) is 0 Å². The molecule has 0 aliphatic heterocycles. The number of carbonyl (C=O) groups is 2. The standard InChI is InChI=1S/C16H23NO6/c1-5-20-12-8-11(16(19)23-10(4)15(17)18)9-13(21-6-2)14(12)22-7-3/h8-10H,5-7H2,1-4H3,(H2,17,18)/t10-/m0/s1. The minimum absolute atomic E-state index is 0.188. The quantitative estimate of drug-likeness (QED) is 0.697. The van der Waals surface area contributed by atoms with Gasteiger partial charge in [0.2, 0.25) is 5.75 Å². The molecule has 2 N–H and O–H groups in total. The topological polar surface area (TPSA) is 97.1 Å². The second-order valence-corrected chi connectivity index (χ2v) is 4.55. The molecule has 1 amide bonds. The van der Waals surface area contributed by atoms with Gasteiger partial charge >= 0.3 is 5.97 Å². The molecular weight excluding hydrogens is 302 g/mol. The van der Waals surface area contributed by atoms with Gasteiger partial charge in [-0.1, -0.05) is 0 Å². The Labute approximate surface area is 135 Å². The van der Waals surface area contributed by atoms with Crippen molar-refractivity contribution in [3.05, 3.63) is 17.7 Å². The summed E-state index contributed by atoms with van der Waals surface area (Å²) in [4.78, 5) is 23.2. The van der Waals surface area contributed by atoms with Crippen LogP contribution in [0.4, 0.5) is 0 Å². The van der Waals surface area contributed by atoms with Gasteiger partial charge in [0.25, 0.3) is 5.91 Å². The van der Waals surface area contributed by atoms with Crippen LogP contribution in [0, 0.1) is 0 Å². The molecule has 0 aliphatic rings. The molecule has 1 aromatic rings. The molecule has 0 saturated heterocycles. The van der Waals surface area contributed by atoms with Crippen molar-refractivity contribution in [2.45, 2.75) is 33.8 Å². The Bertz CT molecular complexity index is 530. The SMILES string of the molecule is CCOc1cc(C(=O)O[C@@H](C)C(N)=O)cc(OCC)c1OCC. The summed E-state index contributed by atoms with van der Waals surface area (Å²) in [5.74, 6) is -0.241. The van der Waals surface area contributed by atoms with Crippen molar-refractivity contribution in [1.82, 2.24) is 0 Å². The van der Waals surface area contributed by atoms with Gasteiger partial charge < -0.3 is 24.7 Å². The van der Waals surface area contributed by atoms with E-state index in [1.807, 2.05) is 20.8 Å². The second kappa shape index (κ2) is 8.87. The van der Waals surface area contributed by atoms with E-state index in [4.69, 9.17) is 24.7 Å². The van der Waals surface area contributed by atoms with Crippen molar-refractivity contribution in [1.29, 1.82) is 0 Å². The molecular formula is C16H23NO6. The van der Waals surface area contributed by atoms with Gasteiger partial charge in [-0.2, -0.15) is 0 Å². The van der Waals surface area contributed by atoms with E-state index >= 15 is 0 Å². The number of nitrogens with two attached hydrogens (primary N) is 1. The molecule has 0 saturated carbocycles. The summed E-state index contributed by atoms with van der Waals surface area (Å²) in [5.41, 5.74) is 5.28. The zero-order valence-corrected chi connectivity index (χ0v) is 13.9. The number of rotatable bonds is 9. The highest BCUT2D eigenvalue weighted by Crippen LogP contribution is 2.39. The van der Waals surface area contributed by atoms with E-state index in [1.165, 1.54) is 19.1 Å². The lowest BCUT2D eigenvalue weighted by Crippen LogP contribution is -2.30. The normalized spacial score (nSPS) is 11.5. The van der Waals surface area contributed by atoms with Gasteiger partial charge in [0.15, 0.2) is 17.6 Å². The van der Waals surface area contributed by atoms with Crippen LogP contribution in [-0.4, -0.2) is 37.8 Å². The van der Waals surface area contributed by atoms with Crippen molar-refractivity contribution >= 4 is 11.9 Å². The fourth-order valence-corrected chi connectivity index (χ4v) is 1.79. The number of esters is 1. The monoisotopic (exact) mass is 325 g/mol. The summed E-state index contributed by atoms with van der Waals surface area (Å²) in [6, 6.07) is 2.99. The molecule has 7 nitrogen and oxygen atoms in total. The molecule has 1 atom stereocenters. The van der Waals surface area contributed by atoms with Crippen molar-refractivity contribution in [3.8, 4) is 17.2 Å². The van der Waals surface area contributed by atoms with Gasteiger partial charge in [-0.05, 0) is 39.8 Å².